The van der Waals surface area contributed by atoms with Crippen molar-refractivity contribution in [3.63, 3.8) is 0 Å². The number of hydrogen-bond donors (Lipinski definition) is 1. The second kappa shape index (κ2) is 8.52. The maximum atomic E-state index is 11.8. The first-order valence-corrected chi connectivity index (χ1v) is 6.50. The van der Waals surface area contributed by atoms with Crippen LogP contribution in [0.15, 0.2) is 42.1 Å². The van der Waals surface area contributed by atoms with E-state index in [4.69, 9.17) is 4.74 Å². The van der Waals surface area contributed by atoms with Crippen molar-refractivity contribution < 1.29 is 23.9 Å². The molecule has 0 bridgehead atoms. The van der Waals surface area contributed by atoms with Crippen LogP contribution >= 0.6 is 0 Å². The molecule has 0 fully saturated rings. The summed E-state index contributed by atoms with van der Waals surface area (Å²) in [5.74, 6) is -2.67. The molecule has 0 saturated heterocycles. The van der Waals surface area contributed by atoms with E-state index in [9.17, 15) is 14.4 Å². The van der Waals surface area contributed by atoms with Crippen molar-refractivity contribution in [2.45, 2.75) is 13.8 Å². The van der Waals surface area contributed by atoms with Gasteiger partial charge in [0.25, 0.3) is 5.78 Å². The lowest BCUT2D eigenvalue weighted by Crippen LogP contribution is -2.20. The third-order valence-electron chi connectivity index (χ3n) is 2.30. The van der Waals surface area contributed by atoms with Gasteiger partial charge in [-0.2, -0.15) is 0 Å². The number of ether oxygens (including phenoxy) is 2. The fourth-order valence-electron chi connectivity index (χ4n) is 1.42. The Bertz CT molecular complexity index is 536. The third-order valence-corrected chi connectivity index (χ3v) is 2.30. The molecule has 0 saturated carbocycles. The van der Waals surface area contributed by atoms with Crippen LogP contribution in [-0.2, 0) is 23.9 Å². The summed E-state index contributed by atoms with van der Waals surface area (Å²) in [7, 11) is 0. The molecular weight excluding hydrogens is 274 g/mol. The van der Waals surface area contributed by atoms with Crippen LogP contribution in [-0.4, -0.2) is 30.9 Å². The van der Waals surface area contributed by atoms with Crippen LogP contribution in [0.3, 0.4) is 0 Å². The smallest absolute Gasteiger partial charge is 0.379 e. The molecule has 0 atom stereocenters. The summed E-state index contributed by atoms with van der Waals surface area (Å²) in [6, 6.07) is 8.75. The van der Waals surface area contributed by atoms with E-state index in [2.05, 4.69) is 10.1 Å². The van der Waals surface area contributed by atoms with E-state index in [1.54, 1.807) is 38.1 Å². The minimum absolute atomic E-state index is 0.0826. The van der Waals surface area contributed by atoms with Gasteiger partial charge in [-0.1, -0.05) is 18.2 Å². The Hall–Kier alpha value is -2.63. The summed E-state index contributed by atoms with van der Waals surface area (Å²) < 4.78 is 9.42. The lowest BCUT2D eigenvalue weighted by Gasteiger charge is -2.09. The Morgan fingerprint density at radius 3 is 2.14 bits per heavy atom. The van der Waals surface area contributed by atoms with Gasteiger partial charge in [0.1, 0.15) is 5.70 Å². The zero-order valence-electron chi connectivity index (χ0n) is 11.9. The van der Waals surface area contributed by atoms with E-state index in [1.807, 2.05) is 6.07 Å². The highest BCUT2D eigenvalue weighted by Crippen LogP contribution is 2.10. The van der Waals surface area contributed by atoms with E-state index < -0.39 is 17.7 Å². The van der Waals surface area contributed by atoms with Crippen molar-refractivity contribution in [3.05, 3.63) is 42.1 Å². The van der Waals surface area contributed by atoms with E-state index in [-0.39, 0.29) is 18.9 Å². The predicted octanol–water partition coefficient (Wildman–Crippen LogP) is 1.68. The molecule has 1 N–H and O–H groups in total. The average Bonchev–Trinajstić information content (AvgIpc) is 2.48. The van der Waals surface area contributed by atoms with Gasteiger partial charge in [0.05, 0.1) is 13.2 Å². The Morgan fingerprint density at radius 2 is 1.57 bits per heavy atom. The second-order valence-electron chi connectivity index (χ2n) is 3.85. The van der Waals surface area contributed by atoms with Gasteiger partial charge in [0.2, 0.25) is 0 Å². The molecule has 0 radical (unpaired) electrons. The van der Waals surface area contributed by atoms with Gasteiger partial charge >= 0.3 is 11.9 Å². The standard InChI is InChI=1S/C15H17NO5/c1-3-20-14(18)12(10-13(17)15(19)21-4-2)16-11-8-6-5-7-9-11/h5-10,16H,3-4H2,1-2H3/b12-10+. The van der Waals surface area contributed by atoms with Crippen molar-refractivity contribution in [1.29, 1.82) is 0 Å². The lowest BCUT2D eigenvalue weighted by molar-refractivity contribution is -0.151. The summed E-state index contributed by atoms with van der Waals surface area (Å²) in [5.41, 5.74) is 0.467. The Kier molecular flexibility index (Phi) is 6.67. The van der Waals surface area contributed by atoms with Gasteiger partial charge in [0, 0.05) is 11.8 Å². The van der Waals surface area contributed by atoms with E-state index in [0.717, 1.165) is 6.08 Å². The minimum atomic E-state index is -1.02. The van der Waals surface area contributed by atoms with Crippen molar-refractivity contribution >= 4 is 23.4 Å². The molecule has 6 heteroatoms. The molecule has 0 amide bonds. The number of para-hydroxylation sites is 1. The van der Waals surface area contributed by atoms with E-state index in [1.165, 1.54) is 0 Å². The number of ketones is 1. The Balaban J connectivity index is 2.94. The second-order valence-corrected chi connectivity index (χ2v) is 3.85. The highest BCUT2D eigenvalue weighted by atomic mass is 16.5. The largest absolute Gasteiger partial charge is 0.461 e. The molecule has 0 aliphatic carbocycles. The summed E-state index contributed by atoms with van der Waals surface area (Å²) in [4.78, 5) is 34.8. The fourth-order valence-corrected chi connectivity index (χ4v) is 1.42. The highest BCUT2D eigenvalue weighted by molar-refractivity contribution is 6.39. The molecule has 1 aromatic carbocycles. The SMILES string of the molecule is CCOC(=O)C(=O)/C=C(/Nc1ccccc1)C(=O)OCC. The van der Waals surface area contributed by atoms with Crippen LogP contribution in [0.4, 0.5) is 5.69 Å². The number of hydrogen-bond acceptors (Lipinski definition) is 6. The lowest BCUT2D eigenvalue weighted by atomic mass is 10.2. The molecule has 21 heavy (non-hydrogen) atoms. The molecule has 6 nitrogen and oxygen atoms in total. The molecule has 0 aliphatic rings. The van der Waals surface area contributed by atoms with Gasteiger partial charge in [-0.15, -0.1) is 0 Å². The number of rotatable bonds is 7. The Labute approximate surface area is 122 Å². The van der Waals surface area contributed by atoms with Crippen LogP contribution < -0.4 is 5.32 Å². The van der Waals surface area contributed by atoms with E-state index >= 15 is 0 Å². The predicted molar refractivity (Wildman–Crippen MR) is 76.4 cm³/mol. The molecule has 112 valence electrons. The highest BCUT2D eigenvalue weighted by Gasteiger charge is 2.18. The fraction of sp³-hybridized carbons (Fsp3) is 0.267. The molecule has 1 aromatic rings. The monoisotopic (exact) mass is 291 g/mol. The molecular formula is C15H17NO5. The zero-order valence-corrected chi connectivity index (χ0v) is 11.9. The van der Waals surface area contributed by atoms with Crippen LogP contribution in [0.1, 0.15) is 13.8 Å². The summed E-state index contributed by atoms with van der Waals surface area (Å²) in [5, 5.41) is 2.75. The van der Waals surface area contributed by atoms with Gasteiger partial charge < -0.3 is 14.8 Å². The maximum Gasteiger partial charge on any atom is 0.379 e. The maximum absolute atomic E-state index is 11.8. The van der Waals surface area contributed by atoms with Gasteiger partial charge in [-0.25, -0.2) is 9.59 Å². The Morgan fingerprint density at radius 1 is 1.00 bits per heavy atom. The van der Waals surface area contributed by atoms with Crippen LogP contribution in [0.5, 0.6) is 0 Å². The van der Waals surface area contributed by atoms with E-state index in [0.29, 0.717) is 5.69 Å². The third kappa shape index (κ3) is 5.48. The molecule has 0 aliphatic heterocycles. The van der Waals surface area contributed by atoms with Gasteiger partial charge in [-0.3, -0.25) is 4.79 Å². The first kappa shape index (κ1) is 16.4. The summed E-state index contributed by atoms with van der Waals surface area (Å²) >= 11 is 0. The normalized spacial score (nSPS) is 10.7. The number of nitrogens with one attached hydrogen (secondary N) is 1. The van der Waals surface area contributed by atoms with Crippen molar-refractivity contribution in [1.82, 2.24) is 0 Å². The number of anilines is 1. The summed E-state index contributed by atoms with van der Waals surface area (Å²) in [6.07, 6.45) is 0.878. The minimum Gasteiger partial charge on any atom is -0.461 e. The van der Waals surface area contributed by atoms with Crippen LogP contribution in [0, 0.1) is 0 Å². The quantitative estimate of drug-likeness (QED) is 0.467. The molecule has 1 rings (SSSR count). The van der Waals surface area contributed by atoms with Gasteiger partial charge in [0.15, 0.2) is 0 Å². The average molecular weight is 291 g/mol. The van der Waals surface area contributed by atoms with Crippen LogP contribution in [0.25, 0.3) is 0 Å². The number of esters is 2. The van der Waals surface area contributed by atoms with Crippen molar-refractivity contribution in [2.75, 3.05) is 18.5 Å². The topological polar surface area (TPSA) is 81.7 Å². The van der Waals surface area contributed by atoms with Gasteiger partial charge in [-0.05, 0) is 26.0 Å². The number of benzene rings is 1. The first-order chi connectivity index (χ1) is 10.1. The first-order valence-electron chi connectivity index (χ1n) is 6.50. The number of carbonyl (C=O) groups is 3. The molecule has 0 aromatic heterocycles. The zero-order chi connectivity index (χ0) is 15.7. The van der Waals surface area contributed by atoms with Crippen molar-refractivity contribution in [2.24, 2.45) is 0 Å². The molecule has 0 heterocycles. The number of carbonyl (C=O) groups excluding carboxylic acids is 3. The summed E-state index contributed by atoms with van der Waals surface area (Å²) in [6.45, 7) is 3.47. The molecule has 0 unspecified atom stereocenters. The van der Waals surface area contributed by atoms with Crippen LogP contribution in [0.2, 0.25) is 0 Å². The molecule has 0 spiro atoms. The van der Waals surface area contributed by atoms with Crippen molar-refractivity contribution in [3.8, 4) is 0 Å².